The fourth-order valence-electron chi connectivity index (χ4n) is 1.46. The topological polar surface area (TPSA) is 64.6 Å². The lowest BCUT2D eigenvalue weighted by Gasteiger charge is -2.13. The quantitative estimate of drug-likeness (QED) is 0.810. The Balaban J connectivity index is 2.69. The van der Waals surface area contributed by atoms with Gasteiger partial charge >= 0.3 is 5.97 Å². The van der Waals surface area contributed by atoms with E-state index in [2.05, 4.69) is 5.32 Å². The standard InChI is InChI=1S/C14H18FNO4/c1-4-7-16-13(17)9(2)20-14(18)11-6-5-10(19-3)8-12(11)15/h5-6,8-9H,4,7H2,1-3H3,(H,16,17)/t9-/m0/s1. The van der Waals surface area contributed by atoms with E-state index in [0.29, 0.717) is 12.3 Å². The maximum absolute atomic E-state index is 13.7. The van der Waals surface area contributed by atoms with Gasteiger partial charge < -0.3 is 14.8 Å². The van der Waals surface area contributed by atoms with E-state index in [9.17, 15) is 14.0 Å². The van der Waals surface area contributed by atoms with Crippen LogP contribution in [0.4, 0.5) is 4.39 Å². The number of rotatable bonds is 6. The zero-order valence-corrected chi connectivity index (χ0v) is 11.7. The van der Waals surface area contributed by atoms with E-state index < -0.39 is 23.8 Å². The minimum atomic E-state index is -0.976. The largest absolute Gasteiger partial charge is 0.497 e. The van der Waals surface area contributed by atoms with Gasteiger partial charge in [-0.2, -0.15) is 0 Å². The third kappa shape index (κ3) is 4.22. The predicted octanol–water partition coefficient (Wildman–Crippen LogP) is 1.91. The summed E-state index contributed by atoms with van der Waals surface area (Å²) in [6.45, 7) is 3.84. The molecule has 1 rings (SSSR count). The average Bonchev–Trinajstić information content (AvgIpc) is 2.44. The molecule has 1 atom stereocenters. The normalized spacial score (nSPS) is 11.6. The molecular formula is C14H18FNO4. The lowest BCUT2D eigenvalue weighted by Crippen LogP contribution is -2.36. The Morgan fingerprint density at radius 2 is 2.10 bits per heavy atom. The van der Waals surface area contributed by atoms with Gasteiger partial charge in [0, 0.05) is 12.6 Å². The fraction of sp³-hybridized carbons (Fsp3) is 0.429. The van der Waals surface area contributed by atoms with Crippen LogP contribution in [-0.4, -0.2) is 31.6 Å². The molecule has 0 saturated heterocycles. The van der Waals surface area contributed by atoms with Crippen LogP contribution in [0.1, 0.15) is 30.6 Å². The highest BCUT2D eigenvalue weighted by Gasteiger charge is 2.21. The summed E-state index contributed by atoms with van der Waals surface area (Å²) in [6, 6.07) is 3.78. The molecule has 1 aromatic carbocycles. The molecule has 0 radical (unpaired) electrons. The molecule has 0 heterocycles. The van der Waals surface area contributed by atoms with Crippen molar-refractivity contribution < 1.29 is 23.5 Å². The number of hydrogen-bond acceptors (Lipinski definition) is 4. The molecule has 1 amide bonds. The molecule has 20 heavy (non-hydrogen) atoms. The summed E-state index contributed by atoms with van der Waals surface area (Å²) in [5.74, 6) is -1.75. The first kappa shape index (κ1) is 15.9. The average molecular weight is 283 g/mol. The highest BCUT2D eigenvalue weighted by Crippen LogP contribution is 2.17. The fourth-order valence-corrected chi connectivity index (χ4v) is 1.46. The van der Waals surface area contributed by atoms with Gasteiger partial charge in [0.25, 0.3) is 5.91 Å². The Morgan fingerprint density at radius 3 is 2.65 bits per heavy atom. The van der Waals surface area contributed by atoms with Crippen LogP contribution in [0.15, 0.2) is 18.2 Å². The van der Waals surface area contributed by atoms with Gasteiger partial charge in [-0.25, -0.2) is 9.18 Å². The molecule has 5 nitrogen and oxygen atoms in total. The second kappa shape index (κ2) is 7.47. The molecule has 0 aliphatic heterocycles. The van der Waals surface area contributed by atoms with Crippen molar-refractivity contribution in [2.75, 3.05) is 13.7 Å². The molecule has 0 aliphatic rings. The van der Waals surface area contributed by atoms with Crippen molar-refractivity contribution in [3.05, 3.63) is 29.6 Å². The van der Waals surface area contributed by atoms with Crippen LogP contribution in [0.3, 0.4) is 0 Å². The lowest BCUT2D eigenvalue weighted by atomic mass is 10.2. The monoisotopic (exact) mass is 283 g/mol. The van der Waals surface area contributed by atoms with Crippen LogP contribution in [-0.2, 0) is 9.53 Å². The molecular weight excluding hydrogens is 265 g/mol. The summed E-state index contributed by atoms with van der Waals surface area (Å²) in [5, 5.41) is 2.59. The zero-order valence-electron chi connectivity index (χ0n) is 11.7. The van der Waals surface area contributed by atoms with Crippen molar-refractivity contribution in [3.63, 3.8) is 0 Å². The first-order chi connectivity index (χ1) is 9.49. The Bertz CT molecular complexity index is 490. The van der Waals surface area contributed by atoms with Gasteiger partial charge in [-0.15, -0.1) is 0 Å². The number of nitrogens with one attached hydrogen (secondary N) is 1. The summed E-state index contributed by atoms with van der Waals surface area (Å²) in [6.07, 6.45) is -0.199. The molecule has 0 bridgehead atoms. The molecule has 0 saturated carbocycles. The van der Waals surface area contributed by atoms with E-state index in [1.165, 1.54) is 26.2 Å². The Kier molecular flexibility index (Phi) is 5.96. The molecule has 0 spiro atoms. The van der Waals surface area contributed by atoms with Crippen molar-refractivity contribution >= 4 is 11.9 Å². The van der Waals surface area contributed by atoms with Crippen LogP contribution >= 0.6 is 0 Å². The minimum absolute atomic E-state index is 0.235. The summed E-state index contributed by atoms with van der Waals surface area (Å²) < 4.78 is 23.4. The van der Waals surface area contributed by atoms with E-state index in [0.717, 1.165) is 12.5 Å². The van der Waals surface area contributed by atoms with Crippen molar-refractivity contribution in [1.29, 1.82) is 0 Å². The van der Waals surface area contributed by atoms with E-state index in [1.807, 2.05) is 6.92 Å². The molecule has 1 N–H and O–H groups in total. The Morgan fingerprint density at radius 1 is 1.40 bits per heavy atom. The molecule has 0 fully saturated rings. The second-order valence-corrected chi connectivity index (χ2v) is 4.18. The van der Waals surface area contributed by atoms with Crippen LogP contribution < -0.4 is 10.1 Å². The molecule has 1 aromatic rings. The Labute approximate surface area is 117 Å². The predicted molar refractivity (Wildman–Crippen MR) is 71.1 cm³/mol. The van der Waals surface area contributed by atoms with Gasteiger partial charge in [0.2, 0.25) is 0 Å². The number of carbonyl (C=O) groups excluding carboxylic acids is 2. The van der Waals surface area contributed by atoms with Crippen molar-refractivity contribution in [2.24, 2.45) is 0 Å². The Hall–Kier alpha value is -2.11. The highest BCUT2D eigenvalue weighted by atomic mass is 19.1. The third-order valence-corrected chi connectivity index (χ3v) is 2.60. The number of halogens is 1. The van der Waals surface area contributed by atoms with E-state index in [4.69, 9.17) is 9.47 Å². The highest BCUT2D eigenvalue weighted by molar-refractivity contribution is 5.92. The number of esters is 1. The maximum atomic E-state index is 13.7. The number of amides is 1. The van der Waals surface area contributed by atoms with Crippen molar-refractivity contribution in [2.45, 2.75) is 26.4 Å². The van der Waals surface area contributed by atoms with E-state index in [-0.39, 0.29) is 5.56 Å². The summed E-state index contributed by atoms with van der Waals surface area (Å²) in [7, 11) is 1.40. The summed E-state index contributed by atoms with van der Waals surface area (Å²) >= 11 is 0. The first-order valence-corrected chi connectivity index (χ1v) is 6.31. The van der Waals surface area contributed by atoms with Gasteiger partial charge in [0.1, 0.15) is 11.6 Å². The molecule has 0 aliphatic carbocycles. The molecule has 110 valence electrons. The smallest absolute Gasteiger partial charge is 0.341 e. The van der Waals surface area contributed by atoms with Gasteiger partial charge in [-0.05, 0) is 25.5 Å². The SMILES string of the molecule is CCCNC(=O)[C@H](C)OC(=O)c1ccc(OC)cc1F. The summed E-state index contributed by atoms with van der Waals surface area (Å²) in [5.41, 5.74) is -0.235. The lowest BCUT2D eigenvalue weighted by molar-refractivity contribution is -0.129. The summed E-state index contributed by atoms with van der Waals surface area (Å²) in [4.78, 5) is 23.3. The zero-order chi connectivity index (χ0) is 15.1. The van der Waals surface area contributed by atoms with Gasteiger partial charge in [-0.1, -0.05) is 6.92 Å². The van der Waals surface area contributed by atoms with Crippen LogP contribution in [0.5, 0.6) is 5.75 Å². The van der Waals surface area contributed by atoms with Gasteiger partial charge in [0.15, 0.2) is 6.10 Å². The van der Waals surface area contributed by atoms with E-state index in [1.54, 1.807) is 0 Å². The van der Waals surface area contributed by atoms with Crippen molar-refractivity contribution in [3.8, 4) is 5.75 Å². The number of carbonyl (C=O) groups is 2. The minimum Gasteiger partial charge on any atom is -0.497 e. The van der Waals surface area contributed by atoms with Gasteiger partial charge in [-0.3, -0.25) is 4.79 Å². The molecule has 6 heteroatoms. The van der Waals surface area contributed by atoms with Crippen LogP contribution in [0, 0.1) is 5.82 Å². The third-order valence-electron chi connectivity index (χ3n) is 2.60. The second-order valence-electron chi connectivity index (χ2n) is 4.18. The number of hydrogen-bond donors (Lipinski definition) is 1. The van der Waals surface area contributed by atoms with E-state index >= 15 is 0 Å². The van der Waals surface area contributed by atoms with Crippen molar-refractivity contribution in [1.82, 2.24) is 5.32 Å². The number of benzene rings is 1. The molecule has 0 unspecified atom stereocenters. The molecule has 0 aromatic heterocycles. The van der Waals surface area contributed by atoms with Crippen LogP contribution in [0.2, 0.25) is 0 Å². The van der Waals surface area contributed by atoms with Crippen LogP contribution in [0.25, 0.3) is 0 Å². The van der Waals surface area contributed by atoms with Gasteiger partial charge in [0.05, 0.1) is 12.7 Å². The number of ether oxygens (including phenoxy) is 2. The first-order valence-electron chi connectivity index (χ1n) is 6.31. The maximum Gasteiger partial charge on any atom is 0.341 e. The number of methoxy groups -OCH3 is 1.